The van der Waals surface area contributed by atoms with E-state index in [9.17, 15) is 0 Å². The number of hydrogen-bond donors (Lipinski definition) is 0. The smallest absolute Gasteiger partial charge is 0.146 e. The van der Waals surface area contributed by atoms with Crippen LogP contribution in [0.15, 0.2) is 83.0 Å². The average Bonchev–Trinajstić information content (AvgIpc) is 3.33. The molecule has 2 aromatic heterocycles. The predicted octanol–water partition coefficient (Wildman–Crippen LogP) is 3.88. The van der Waals surface area contributed by atoms with Crippen molar-refractivity contribution in [2.24, 2.45) is 0 Å². The van der Waals surface area contributed by atoms with Crippen LogP contribution < -0.4 is 10.7 Å². The van der Waals surface area contributed by atoms with Crippen molar-refractivity contribution >= 4 is 24.3 Å². The molecule has 1 atom stereocenters. The van der Waals surface area contributed by atoms with Gasteiger partial charge in [-0.2, -0.15) is 0 Å². The summed E-state index contributed by atoms with van der Waals surface area (Å²) in [7, 11) is 0. The normalized spacial score (nSPS) is 28.4. The van der Waals surface area contributed by atoms with E-state index in [0.717, 1.165) is 5.57 Å². The molecule has 3 aliphatic heterocycles. The Kier molecular flexibility index (Phi) is 2.60. The fourth-order valence-electron chi connectivity index (χ4n) is 5.09. The Hall–Kier alpha value is -3.26. The molecule has 1 aliphatic carbocycles. The number of aromatic nitrogens is 2. The highest BCUT2D eigenvalue weighted by Gasteiger charge is 2.44. The number of hydrogen-bond acceptors (Lipinski definition) is 0. The molecule has 6 rings (SSSR count). The first-order valence-electron chi connectivity index (χ1n) is 9.40. The molecule has 0 amide bonds. The zero-order valence-electron chi connectivity index (χ0n) is 15.5. The SMILES string of the molecule is C=C1/C=C\C(C)=C\c2ccc3n2[C@@]2(C)C4=C(C=CC4=C3)C=c3cc/c(n32)=C/1. The summed E-state index contributed by atoms with van der Waals surface area (Å²) in [5.74, 6) is 0. The van der Waals surface area contributed by atoms with Crippen molar-refractivity contribution in [3.8, 4) is 0 Å². The largest absolute Gasteiger partial charge is 0.314 e. The maximum absolute atomic E-state index is 4.25. The van der Waals surface area contributed by atoms with Crippen LogP contribution in [0.2, 0.25) is 0 Å². The molecule has 4 aliphatic rings. The van der Waals surface area contributed by atoms with Crippen LogP contribution in [0.3, 0.4) is 0 Å². The molecule has 0 saturated heterocycles. The molecular weight excluding hydrogens is 328 g/mol. The van der Waals surface area contributed by atoms with Gasteiger partial charge in [0.25, 0.3) is 0 Å². The van der Waals surface area contributed by atoms with Gasteiger partial charge in [0.05, 0.1) is 0 Å². The summed E-state index contributed by atoms with van der Waals surface area (Å²) < 4.78 is 4.95. The van der Waals surface area contributed by atoms with E-state index in [1.807, 2.05) is 0 Å². The molecule has 0 bridgehead atoms. The van der Waals surface area contributed by atoms with Gasteiger partial charge in [-0.1, -0.05) is 30.9 Å². The second-order valence-electron chi connectivity index (χ2n) is 7.91. The first kappa shape index (κ1) is 14.9. The van der Waals surface area contributed by atoms with E-state index in [-0.39, 0.29) is 5.66 Å². The van der Waals surface area contributed by atoms with Crippen molar-refractivity contribution in [1.29, 1.82) is 0 Å². The van der Waals surface area contributed by atoms with Gasteiger partial charge < -0.3 is 9.13 Å². The van der Waals surface area contributed by atoms with Gasteiger partial charge in [-0.05, 0) is 84.7 Å². The van der Waals surface area contributed by atoms with Crippen LogP contribution in [0.4, 0.5) is 0 Å². The van der Waals surface area contributed by atoms with E-state index >= 15 is 0 Å². The number of allylic oxidation sites excluding steroid dienone is 9. The molecule has 0 spiro atoms. The minimum absolute atomic E-state index is 0.308. The summed E-state index contributed by atoms with van der Waals surface area (Å²) in [4.78, 5) is 0. The standard InChI is InChI=1S/C25H20N2/c1-16-4-5-17(2)13-21-9-11-23-15-19-7-6-18-14-22-10-8-20(12-16)26(22)25(3,24(18)19)27(21)23/h4-15H,1H2,2-3H3/b5-4-,17-13+,20-12-/t25-/m0/s1. The monoisotopic (exact) mass is 348 g/mol. The zero-order valence-corrected chi connectivity index (χ0v) is 15.5. The van der Waals surface area contributed by atoms with Gasteiger partial charge >= 0.3 is 0 Å². The van der Waals surface area contributed by atoms with E-state index in [0.29, 0.717) is 0 Å². The second kappa shape index (κ2) is 4.72. The third kappa shape index (κ3) is 1.75. The van der Waals surface area contributed by atoms with Crippen molar-refractivity contribution in [3.63, 3.8) is 0 Å². The van der Waals surface area contributed by atoms with Crippen LogP contribution in [-0.2, 0) is 5.66 Å². The van der Waals surface area contributed by atoms with E-state index < -0.39 is 0 Å². The average molecular weight is 348 g/mol. The summed E-state index contributed by atoms with van der Waals surface area (Å²) in [6, 6.07) is 8.90. The van der Waals surface area contributed by atoms with Crippen LogP contribution in [0.5, 0.6) is 0 Å². The maximum Gasteiger partial charge on any atom is 0.146 e. The zero-order chi connectivity index (χ0) is 18.3. The molecule has 130 valence electrons. The molecule has 5 heterocycles. The highest BCUT2D eigenvalue weighted by Crippen LogP contribution is 2.46. The molecule has 0 fully saturated rings. The van der Waals surface area contributed by atoms with Crippen LogP contribution in [0, 0.1) is 0 Å². The molecule has 0 radical (unpaired) electrons. The van der Waals surface area contributed by atoms with Crippen molar-refractivity contribution in [3.05, 3.63) is 105 Å². The third-order valence-corrected chi connectivity index (χ3v) is 6.12. The highest BCUT2D eigenvalue weighted by atomic mass is 15.3. The first-order chi connectivity index (χ1) is 13.1. The molecular formula is C25H20N2. The molecule has 0 N–H and O–H groups in total. The van der Waals surface area contributed by atoms with Crippen molar-refractivity contribution < 1.29 is 0 Å². The van der Waals surface area contributed by atoms with Gasteiger partial charge in [0.15, 0.2) is 0 Å². The maximum atomic E-state index is 4.25. The summed E-state index contributed by atoms with van der Waals surface area (Å²) in [6.07, 6.45) is 17.8. The van der Waals surface area contributed by atoms with Gasteiger partial charge in [-0.25, -0.2) is 0 Å². The molecule has 2 nitrogen and oxygen atoms in total. The molecule has 2 heteroatoms. The van der Waals surface area contributed by atoms with Crippen LogP contribution in [0.1, 0.15) is 25.2 Å². The Morgan fingerprint density at radius 3 is 2.33 bits per heavy atom. The number of nitrogens with zero attached hydrogens (tertiary/aromatic N) is 2. The van der Waals surface area contributed by atoms with Gasteiger partial charge in [-0.3, -0.25) is 0 Å². The summed E-state index contributed by atoms with van der Waals surface area (Å²) >= 11 is 0. The van der Waals surface area contributed by atoms with Gasteiger partial charge in [0.1, 0.15) is 5.66 Å². The topological polar surface area (TPSA) is 9.86 Å². The lowest BCUT2D eigenvalue weighted by Gasteiger charge is -2.43. The summed E-state index contributed by atoms with van der Waals surface area (Å²) in [5, 5.41) is 2.42. The minimum atomic E-state index is -0.308. The fourth-order valence-corrected chi connectivity index (χ4v) is 5.09. The Labute approximate surface area is 158 Å². The predicted molar refractivity (Wildman–Crippen MR) is 112 cm³/mol. The van der Waals surface area contributed by atoms with Crippen LogP contribution in [-0.4, -0.2) is 9.13 Å². The van der Waals surface area contributed by atoms with Gasteiger partial charge in [-0.15, -0.1) is 0 Å². The van der Waals surface area contributed by atoms with E-state index in [4.69, 9.17) is 0 Å². The highest BCUT2D eigenvalue weighted by molar-refractivity contribution is 5.79. The van der Waals surface area contributed by atoms with Crippen molar-refractivity contribution in [2.75, 3.05) is 0 Å². The van der Waals surface area contributed by atoms with E-state index in [1.165, 1.54) is 44.4 Å². The minimum Gasteiger partial charge on any atom is -0.314 e. The van der Waals surface area contributed by atoms with E-state index in [1.54, 1.807) is 0 Å². The quantitative estimate of drug-likeness (QED) is 0.684. The first-order valence-corrected chi connectivity index (χ1v) is 9.40. The Balaban J connectivity index is 1.86. The lowest BCUT2D eigenvalue weighted by atomic mass is 9.86. The summed E-state index contributed by atoms with van der Waals surface area (Å²) in [5.41, 5.74) is 8.41. The molecule has 0 aromatic carbocycles. The summed E-state index contributed by atoms with van der Waals surface area (Å²) in [6.45, 7) is 8.74. The lowest BCUT2D eigenvalue weighted by molar-refractivity contribution is 0.301. The molecule has 27 heavy (non-hydrogen) atoms. The van der Waals surface area contributed by atoms with Crippen LogP contribution in [0.25, 0.3) is 24.3 Å². The Morgan fingerprint density at radius 2 is 1.52 bits per heavy atom. The Bertz CT molecular complexity index is 1340. The van der Waals surface area contributed by atoms with Crippen molar-refractivity contribution in [2.45, 2.75) is 19.5 Å². The van der Waals surface area contributed by atoms with Crippen LogP contribution >= 0.6 is 0 Å². The van der Waals surface area contributed by atoms with E-state index in [2.05, 4.69) is 102 Å². The molecule has 0 saturated carbocycles. The molecule has 2 aromatic rings. The fraction of sp³-hybridized carbons (Fsp3) is 0.120. The molecule has 0 unspecified atom stereocenters. The lowest BCUT2D eigenvalue weighted by Crippen LogP contribution is -2.53. The van der Waals surface area contributed by atoms with Gasteiger partial charge in [0, 0.05) is 27.7 Å². The Morgan fingerprint density at radius 1 is 0.778 bits per heavy atom. The number of rotatable bonds is 0. The third-order valence-electron chi connectivity index (χ3n) is 6.12. The van der Waals surface area contributed by atoms with Gasteiger partial charge in [0.2, 0.25) is 0 Å². The van der Waals surface area contributed by atoms with Crippen molar-refractivity contribution in [1.82, 2.24) is 9.13 Å². The second-order valence-corrected chi connectivity index (χ2v) is 7.91.